The smallest absolute Gasteiger partial charge is 0.0547 e. The predicted octanol–water partition coefficient (Wildman–Crippen LogP) is 2.51. The lowest BCUT2D eigenvalue weighted by Crippen LogP contribution is -2.50. The number of rotatable bonds is 4. The Bertz CT molecular complexity index is 271. The summed E-state index contributed by atoms with van der Waals surface area (Å²) >= 11 is 0. The Labute approximate surface area is 119 Å². The summed E-state index contributed by atoms with van der Waals surface area (Å²) in [6.07, 6.45) is 3.94. The van der Waals surface area contributed by atoms with Gasteiger partial charge >= 0.3 is 0 Å². The Morgan fingerprint density at radius 2 is 1.95 bits per heavy atom. The highest BCUT2D eigenvalue weighted by Crippen LogP contribution is 2.31. The number of piperidine rings is 1. The standard InChI is InChI=1S/C16H32N2O/c1-14-5-8-18(9-6-14)12-16(7-10-19-13-16)11-17-15(2,3)4/h14,17H,5-13H2,1-4H3. The maximum atomic E-state index is 5.72. The van der Waals surface area contributed by atoms with Crippen LogP contribution in [0.15, 0.2) is 0 Å². The molecular formula is C16H32N2O. The highest BCUT2D eigenvalue weighted by atomic mass is 16.5. The molecule has 0 saturated carbocycles. The summed E-state index contributed by atoms with van der Waals surface area (Å²) in [4.78, 5) is 2.67. The highest BCUT2D eigenvalue weighted by molar-refractivity contribution is 4.91. The zero-order valence-electron chi connectivity index (χ0n) is 13.3. The van der Waals surface area contributed by atoms with Gasteiger partial charge in [-0.1, -0.05) is 6.92 Å². The fraction of sp³-hybridized carbons (Fsp3) is 1.00. The first kappa shape index (κ1) is 15.3. The predicted molar refractivity (Wildman–Crippen MR) is 80.5 cm³/mol. The van der Waals surface area contributed by atoms with E-state index in [1.807, 2.05) is 0 Å². The van der Waals surface area contributed by atoms with Gasteiger partial charge in [-0.15, -0.1) is 0 Å². The number of nitrogens with one attached hydrogen (secondary N) is 1. The zero-order chi connectivity index (χ0) is 13.9. The Morgan fingerprint density at radius 3 is 2.47 bits per heavy atom. The van der Waals surface area contributed by atoms with Crippen molar-refractivity contribution in [3.63, 3.8) is 0 Å². The summed E-state index contributed by atoms with van der Waals surface area (Å²) < 4.78 is 5.72. The van der Waals surface area contributed by atoms with Gasteiger partial charge in [0, 0.05) is 30.7 Å². The maximum Gasteiger partial charge on any atom is 0.0547 e. The molecule has 2 rings (SSSR count). The molecule has 3 nitrogen and oxygen atoms in total. The van der Waals surface area contributed by atoms with Gasteiger partial charge in [0.25, 0.3) is 0 Å². The van der Waals surface area contributed by atoms with E-state index < -0.39 is 0 Å². The SMILES string of the molecule is CC1CCN(CC2(CNC(C)(C)C)CCOC2)CC1. The zero-order valence-corrected chi connectivity index (χ0v) is 13.3. The first-order valence-corrected chi connectivity index (χ1v) is 7.94. The second-order valence-corrected chi connectivity index (χ2v) is 7.86. The lowest BCUT2D eigenvalue weighted by molar-refractivity contribution is 0.0849. The number of ether oxygens (including phenoxy) is 1. The van der Waals surface area contributed by atoms with Crippen LogP contribution < -0.4 is 5.32 Å². The topological polar surface area (TPSA) is 24.5 Å². The molecule has 0 radical (unpaired) electrons. The average Bonchev–Trinajstić information content (AvgIpc) is 2.78. The van der Waals surface area contributed by atoms with Crippen LogP contribution in [0.5, 0.6) is 0 Å². The molecule has 2 aliphatic rings. The molecule has 0 bridgehead atoms. The minimum atomic E-state index is 0.200. The summed E-state index contributed by atoms with van der Waals surface area (Å²) in [5.41, 5.74) is 0.542. The first-order chi connectivity index (χ1) is 8.89. The van der Waals surface area contributed by atoms with Gasteiger partial charge in [0.15, 0.2) is 0 Å². The minimum Gasteiger partial charge on any atom is -0.381 e. The first-order valence-electron chi connectivity index (χ1n) is 7.94. The van der Waals surface area contributed by atoms with Gasteiger partial charge in [-0.2, -0.15) is 0 Å². The number of likely N-dealkylation sites (tertiary alicyclic amines) is 1. The lowest BCUT2D eigenvalue weighted by Gasteiger charge is -2.39. The van der Waals surface area contributed by atoms with Crippen molar-refractivity contribution in [1.29, 1.82) is 0 Å². The van der Waals surface area contributed by atoms with Crippen LogP contribution in [0.25, 0.3) is 0 Å². The van der Waals surface area contributed by atoms with Gasteiger partial charge in [-0.25, -0.2) is 0 Å². The molecule has 1 N–H and O–H groups in total. The third-order valence-corrected chi connectivity index (χ3v) is 4.61. The fourth-order valence-electron chi connectivity index (χ4n) is 3.12. The van der Waals surface area contributed by atoms with E-state index in [-0.39, 0.29) is 5.54 Å². The molecule has 0 aliphatic carbocycles. The minimum absolute atomic E-state index is 0.200. The van der Waals surface area contributed by atoms with E-state index >= 15 is 0 Å². The van der Waals surface area contributed by atoms with Crippen molar-refractivity contribution in [2.45, 2.75) is 52.5 Å². The quantitative estimate of drug-likeness (QED) is 0.848. The molecule has 1 atom stereocenters. The molecule has 2 saturated heterocycles. The van der Waals surface area contributed by atoms with E-state index in [4.69, 9.17) is 4.74 Å². The molecule has 0 aromatic carbocycles. The van der Waals surface area contributed by atoms with Crippen molar-refractivity contribution in [3.05, 3.63) is 0 Å². The van der Waals surface area contributed by atoms with Crippen LogP contribution in [-0.4, -0.2) is 49.8 Å². The van der Waals surface area contributed by atoms with Gasteiger partial charge in [-0.05, 0) is 59.0 Å². The summed E-state index contributed by atoms with van der Waals surface area (Å²) in [7, 11) is 0. The van der Waals surface area contributed by atoms with Crippen molar-refractivity contribution in [2.75, 3.05) is 39.4 Å². The van der Waals surface area contributed by atoms with Crippen LogP contribution in [0.3, 0.4) is 0 Å². The highest BCUT2D eigenvalue weighted by Gasteiger charge is 2.37. The van der Waals surface area contributed by atoms with Gasteiger partial charge in [0.1, 0.15) is 0 Å². The summed E-state index contributed by atoms with van der Waals surface area (Å²) in [5, 5.41) is 3.70. The lowest BCUT2D eigenvalue weighted by atomic mass is 9.84. The third kappa shape index (κ3) is 4.73. The molecule has 0 amide bonds. The molecule has 2 heterocycles. The third-order valence-electron chi connectivity index (χ3n) is 4.61. The normalized spacial score (nSPS) is 30.9. The van der Waals surface area contributed by atoms with Crippen molar-refractivity contribution in [1.82, 2.24) is 10.2 Å². The Kier molecular flexibility index (Phi) is 4.91. The van der Waals surface area contributed by atoms with E-state index in [2.05, 4.69) is 37.9 Å². The van der Waals surface area contributed by atoms with Crippen LogP contribution >= 0.6 is 0 Å². The average molecular weight is 268 g/mol. The molecule has 112 valence electrons. The van der Waals surface area contributed by atoms with E-state index in [0.29, 0.717) is 5.41 Å². The van der Waals surface area contributed by atoms with Gasteiger partial charge in [-0.3, -0.25) is 0 Å². The van der Waals surface area contributed by atoms with E-state index in [9.17, 15) is 0 Å². The van der Waals surface area contributed by atoms with Crippen molar-refractivity contribution in [3.8, 4) is 0 Å². The molecule has 2 fully saturated rings. The number of nitrogens with zero attached hydrogens (tertiary/aromatic N) is 1. The molecule has 0 aromatic rings. The van der Waals surface area contributed by atoms with Gasteiger partial charge < -0.3 is 15.0 Å². The molecule has 0 spiro atoms. The Hall–Kier alpha value is -0.120. The molecule has 1 unspecified atom stereocenters. The summed E-state index contributed by atoms with van der Waals surface area (Å²) in [5.74, 6) is 0.916. The molecule has 0 aromatic heterocycles. The summed E-state index contributed by atoms with van der Waals surface area (Å²) in [6, 6.07) is 0. The number of hydrogen-bond acceptors (Lipinski definition) is 3. The number of hydrogen-bond donors (Lipinski definition) is 1. The maximum absolute atomic E-state index is 5.72. The van der Waals surface area contributed by atoms with Crippen molar-refractivity contribution in [2.24, 2.45) is 11.3 Å². The van der Waals surface area contributed by atoms with Gasteiger partial charge in [0.05, 0.1) is 6.61 Å². The fourth-order valence-corrected chi connectivity index (χ4v) is 3.12. The Morgan fingerprint density at radius 1 is 1.26 bits per heavy atom. The monoisotopic (exact) mass is 268 g/mol. The van der Waals surface area contributed by atoms with E-state index in [1.54, 1.807) is 0 Å². The van der Waals surface area contributed by atoms with E-state index in [1.165, 1.54) is 38.9 Å². The van der Waals surface area contributed by atoms with Crippen LogP contribution in [0, 0.1) is 11.3 Å². The Balaban J connectivity index is 1.88. The van der Waals surface area contributed by atoms with E-state index in [0.717, 1.165) is 25.7 Å². The molecule has 19 heavy (non-hydrogen) atoms. The van der Waals surface area contributed by atoms with Crippen LogP contribution in [0.4, 0.5) is 0 Å². The van der Waals surface area contributed by atoms with Crippen LogP contribution in [-0.2, 0) is 4.74 Å². The largest absolute Gasteiger partial charge is 0.381 e. The molecule has 2 aliphatic heterocycles. The van der Waals surface area contributed by atoms with Crippen LogP contribution in [0.2, 0.25) is 0 Å². The van der Waals surface area contributed by atoms with Crippen molar-refractivity contribution >= 4 is 0 Å². The van der Waals surface area contributed by atoms with Crippen molar-refractivity contribution < 1.29 is 4.74 Å². The second kappa shape index (κ2) is 6.11. The molecular weight excluding hydrogens is 236 g/mol. The molecule has 3 heteroatoms. The second-order valence-electron chi connectivity index (χ2n) is 7.86. The van der Waals surface area contributed by atoms with Gasteiger partial charge in [0.2, 0.25) is 0 Å². The van der Waals surface area contributed by atoms with Crippen LogP contribution in [0.1, 0.15) is 47.0 Å². The summed E-state index contributed by atoms with van der Waals surface area (Å²) in [6.45, 7) is 15.9.